The molecule has 0 aromatic heterocycles. The van der Waals surface area contributed by atoms with Crippen molar-refractivity contribution in [2.24, 2.45) is 0 Å². The van der Waals surface area contributed by atoms with Crippen LogP contribution in [0.15, 0.2) is 0 Å². The van der Waals surface area contributed by atoms with Crippen LogP contribution in [-0.4, -0.2) is 29.4 Å². The van der Waals surface area contributed by atoms with Crippen LogP contribution >= 0.6 is 0 Å². The maximum Gasteiger partial charge on any atom is 0.259 e. The predicted octanol–water partition coefficient (Wildman–Crippen LogP) is 0.739. The van der Waals surface area contributed by atoms with E-state index in [1.54, 1.807) is 0 Å². The zero-order valence-corrected chi connectivity index (χ0v) is 9.97. The number of hydrogen-bond acceptors (Lipinski definition) is 3. The van der Waals surface area contributed by atoms with E-state index in [1.165, 1.54) is 13.8 Å². The lowest BCUT2D eigenvalue weighted by Crippen LogP contribution is -2.69. The minimum Gasteiger partial charge on any atom is -0.272 e. The SMILES string of the molecule is C#CCC(CC)N1C(=O)C(C)(C)S1(=O)=O. The van der Waals surface area contributed by atoms with E-state index in [0.717, 1.165) is 4.31 Å². The minimum absolute atomic E-state index is 0.275. The van der Waals surface area contributed by atoms with Gasteiger partial charge in [-0.05, 0) is 20.3 Å². The molecule has 5 heteroatoms. The molecule has 0 aromatic carbocycles. The van der Waals surface area contributed by atoms with E-state index in [4.69, 9.17) is 6.42 Å². The number of terminal acetylenes is 1. The van der Waals surface area contributed by atoms with Crippen molar-refractivity contribution in [2.45, 2.75) is 44.4 Å². The Kier molecular flexibility index (Phi) is 2.83. The summed E-state index contributed by atoms with van der Waals surface area (Å²) in [5, 5.41) is 0. The summed E-state index contributed by atoms with van der Waals surface area (Å²) in [5.74, 6) is 2.04. The molecule has 1 aliphatic rings. The number of carbonyl (C=O) groups excluding carboxylic acids is 1. The van der Waals surface area contributed by atoms with Crippen molar-refractivity contribution < 1.29 is 13.2 Å². The highest BCUT2D eigenvalue weighted by Gasteiger charge is 2.61. The molecular weight excluding hydrogens is 214 g/mol. The summed E-state index contributed by atoms with van der Waals surface area (Å²) in [6.45, 7) is 4.66. The van der Waals surface area contributed by atoms with Crippen LogP contribution in [-0.2, 0) is 14.8 Å². The number of amides is 1. The molecule has 0 N–H and O–H groups in total. The van der Waals surface area contributed by atoms with E-state index in [0.29, 0.717) is 6.42 Å². The Morgan fingerprint density at radius 1 is 1.53 bits per heavy atom. The number of nitrogens with zero attached hydrogens (tertiary/aromatic N) is 1. The highest BCUT2D eigenvalue weighted by atomic mass is 32.2. The predicted molar refractivity (Wildman–Crippen MR) is 57.4 cm³/mol. The zero-order valence-electron chi connectivity index (χ0n) is 9.15. The Morgan fingerprint density at radius 2 is 2.07 bits per heavy atom. The standard InChI is InChI=1S/C10H15NO3S/c1-5-7-8(6-2)11-9(12)10(3,4)15(11,13)14/h1,8H,6-7H2,2-4H3. The Bertz CT molecular complexity index is 416. The van der Waals surface area contributed by atoms with E-state index in [1.807, 2.05) is 6.92 Å². The quantitative estimate of drug-likeness (QED) is 0.671. The molecule has 15 heavy (non-hydrogen) atoms. The molecular formula is C10H15NO3S. The molecule has 1 aliphatic heterocycles. The van der Waals surface area contributed by atoms with Gasteiger partial charge in [0, 0.05) is 6.42 Å². The summed E-state index contributed by atoms with van der Waals surface area (Å²) >= 11 is 0. The average Bonchev–Trinajstić information content (AvgIpc) is 2.16. The van der Waals surface area contributed by atoms with Crippen molar-refractivity contribution >= 4 is 15.9 Å². The molecule has 0 aliphatic carbocycles. The lowest BCUT2D eigenvalue weighted by atomic mass is 10.1. The first kappa shape index (κ1) is 12.1. The second-order valence-corrected chi connectivity index (χ2v) is 6.45. The van der Waals surface area contributed by atoms with E-state index in [9.17, 15) is 13.2 Å². The van der Waals surface area contributed by atoms with Gasteiger partial charge in [-0.3, -0.25) is 4.79 Å². The second kappa shape index (κ2) is 3.53. The number of hydrogen-bond donors (Lipinski definition) is 0. The number of sulfonamides is 1. The lowest BCUT2D eigenvalue weighted by Gasteiger charge is -2.46. The summed E-state index contributed by atoms with van der Waals surface area (Å²) in [4.78, 5) is 11.7. The molecule has 0 aromatic rings. The van der Waals surface area contributed by atoms with Crippen LogP contribution in [0.1, 0.15) is 33.6 Å². The van der Waals surface area contributed by atoms with Gasteiger partial charge in [0.15, 0.2) is 4.75 Å². The normalized spacial score (nSPS) is 24.1. The molecule has 0 radical (unpaired) electrons. The van der Waals surface area contributed by atoms with Gasteiger partial charge in [0.25, 0.3) is 15.9 Å². The first-order valence-electron chi connectivity index (χ1n) is 4.82. The molecule has 4 nitrogen and oxygen atoms in total. The summed E-state index contributed by atoms with van der Waals surface area (Å²) in [6, 6.07) is -0.388. The fourth-order valence-electron chi connectivity index (χ4n) is 1.58. The largest absolute Gasteiger partial charge is 0.272 e. The minimum atomic E-state index is -3.49. The summed E-state index contributed by atoms with van der Waals surface area (Å²) in [7, 11) is -3.49. The number of carbonyl (C=O) groups is 1. The Hall–Kier alpha value is -1.02. The third-order valence-corrected chi connectivity index (χ3v) is 5.22. The van der Waals surface area contributed by atoms with Gasteiger partial charge in [0.2, 0.25) is 0 Å². The van der Waals surface area contributed by atoms with E-state index in [2.05, 4.69) is 5.92 Å². The fourth-order valence-corrected chi connectivity index (χ4v) is 3.32. The molecule has 0 spiro atoms. The molecule has 1 fully saturated rings. The third-order valence-electron chi connectivity index (χ3n) is 2.78. The molecule has 1 heterocycles. The van der Waals surface area contributed by atoms with E-state index < -0.39 is 14.8 Å². The van der Waals surface area contributed by atoms with Crippen LogP contribution in [0.3, 0.4) is 0 Å². The highest BCUT2D eigenvalue weighted by Crippen LogP contribution is 2.37. The van der Waals surface area contributed by atoms with Gasteiger partial charge in [0.05, 0.1) is 6.04 Å². The van der Waals surface area contributed by atoms with Crippen molar-refractivity contribution in [1.82, 2.24) is 4.31 Å². The van der Waals surface area contributed by atoms with Crippen molar-refractivity contribution in [2.75, 3.05) is 0 Å². The fraction of sp³-hybridized carbons (Fsp3) is 0.700. The second-order valence-electron chi connectivity index (χ2n) is 4.09. The van der Waals surface area contributed by atoms with Gasteiger partial charge in [-0.2, -0.15) is 0 Å². The monoisotopic (exact) mass is 229 g/mol. The maximum atomic E-state index is 11.8. The Labute approximate surface area is 90.7 Å². The summed E-state index contributed by atoms with van der Waals surface area (Å²) in [6.07, 6.45) is 5.96. The molecule has 1 amide bonds. The molecule has 0 bridgehead atoms. The smallest absolute Gasteiger partial charge is 0.259 e. The van der Waals surface area contributed by atoms with E-state index in [-0.39, 0.29) is 18.4 Å². The van der Waals surface area contributed by atoms with Crippen molar-refractivity contribution in [3.63, 3.8) is 0 Å². The molecule has 0 saturated carbocycles. The molecule has 1 saturated heterocycles. The van der Waals surface area contributed by atoms with Crippen LogP contribution in [0.2, 0.25) is 0 Å². The Morgan fingerprint density at radius 3 is 2.40 bits per heavy atom. The van der Waals surface area contributed by atoms with Gasteiger partial charge in [-0.25, -0.2) is 12.7 Å². The van der Waals surface area contributed by atoms with Gasteiger partial charge < -0.3 is 0 Å². The van der Waals surface area contributed by atoms with Crippen LogP contribution < -0.4 is 0 Å². The lowest BCUT2D eigenvalue weighted by molar-refractivity contribution is -0.133. The van der Waals surface area contributed by atoms with Crippen LogP contribution in [0.25, 0.3) is 0 Å². The first-order valence-corrected chi connectivity index (χ1v) is 6.26. The van der Waals surface area contributed by atoms with Gasteiger partial charge in [-0.1, -0.05) is 6.92 Å². The highest BCUT2D eigenvalue weighted by molar-refractivity contribution is 7.94. The van der Waals surface area contributed by atoms with Crippen LogP contribution in [0.5, 0.6) is 0 Å². The van der Waals surface area contributed by atoms with Crippen molar-refractivity contribution in [3.05, 3.63) is 0 Å². The van der Waals surface area contributed by atoms with Crippen LogP contribution in [0.4, 0.5) is 0 Å². The maximum absolute atomic E-state index is 11.8. The van der Waals surface area contributed by atoms with Crippen molar-refractivity contribution in [3.8, 4) is 12.3 Å². The summed E-state index contributed by atoms with van der Waals surface area (Å²) < 4.78 is 23.2. The summed E-state index contributed by atoms with van der Waals surface area (Å²) in [5.41, 5.74) is 0. The van der Waals surface area contributed by atoms with Gasteiger partial charge in [-0.15, -0.1) is 12.3 Å². The van der Waals surface area contributed by atoms with Crippen molar-refractivity contribution in [1.29, 1.82) is 0 Å². The average molecular weight is 229 g/mol. The zero-order chi connectivity index (χ0) is 11.9. The molecule has 1 atom stereocenters. The van der Waals surface area contributed by atoms with Gasteiger partial charge in [0.1, 0.15) is 0 Å². The number of rotatable bonds is 3. The molecule has 84 valence electrons. The Balaban J connectivity index is 3.02. The third kappa shape index (κ3) is 1.44. The van der Waals surface area contributed by atoms with E-state index >= 15 is 0 Å². The first-order chi connectivity index (χ1) is 6.80. The van der Waals surface area contributed by atoms with Gasteiger partial charge >= 0.3 is 0 Å². The molecule has 1 rings (SSSR count). The molecule has 1 unspecified atom stereocenters. The van der Waals surface area contributed by atoms with Crippen LogP contribution in [0, 0.1) is 12.3 Å². The topological polar surface area (TPSA) is 54.5 Å².